The molecule has 2 aromatic rings. The Balaban J connectivity index is 1.82. The lowest BCUT2D eigenvalue weighted by atomic mass is 9.80. The minimum absolute atomic E-state index is 0.108. The van der Waals surface area contributed by atoms with Gasteiger partial charge in [0, 0.05) is 0 Å². The molecule has 4 heteroatoms. The van der Waals surface area contributed by atoms with Gasteiger partial charge in [-0.15, -0.1) is 5.10 Å². The lowest BCUT2D eigenvalue weighted by molar-refractivity contribution is 0.419. The average molecular weight is 287 g/mol. The molecule has 1 atom stereocenters. The number of nitrogens with zero attached hydrogens (tertiary/aromatic N) is 2. The fourth-order valence-corrected chi connectivity index (χ4v) is 3.53. The first-order chi connectivity index (χ1) is 9.66. The Morgan fingerprint density at radius 1 is 1.20 bits per heavy atom. The van der Waals surface area contributed by atoms with Crippen molar-refractivity contribution in [1.29, 1.82) is 0 Å². The summed E-state index contributed by atoms with van der Waals surface area (Å²) in [5.74, 6) is 1.14. The van der Waals surface area contributed by atoms with Gasteiger partial charge in [-0.25, -0.2) is 0 Å². The topological polar surface area (TPSA) is 51.8 Å². The Bertz CT molecular complexity index is 570. The van der Waals surface area contributed by atoms with E-state index in [0.29, 0.717) is 5.92 Å². The molecule has 1 aromatic heterocycles. The van der Waals surface area contributed by atoms with Gasteiger partial charge in [0.2, 0.25) is 0 Å². The van der Waals surface area contributed by atoms with Crippen molar-refractivity contribution in [3.8, 4) is 0 Å². The summed E-state index contributed by atoms with van der Waals surface area (Å²) in [4.78, 5) is 1.09. The molecule has 1 fully saturated rings. The molecule has 1 unspecified atom stereocenters. The third-order valence-electron chi connectivity index (χ3n) is 4.24. The second-order valence-electron chi connectivity index (χ2n) is 5.95. The largest absolute Gasteiger partial charge is 0.320 e. The summed E-state index contributed by atoms with van der Waals surface area (Å²) >= 11 is 1.42. The van der Waals surface area contributed by atoms with Crippen molar-refractivity contribution in [2.45, 2.75) is 51.0 Å². The Kier molecular flexibility index (Phi) is 3.85. The van der Waals surface area contributed by atoms with Crippen molar-refractivity contribution in [2.24, 2.45) is 5.73 Å². The molecule has 0 aliphatic heterocycles. The number of rotatable bonds is 4. The summed E-state index contributed by atoms with van der Waals surface area (Å²) in [6.45, 7) is 4.26. The van der Waals surface area contributed by atoms with Crippen LogP contribution in [0, 0.1) is 0 Å². The highest BCUT2D eigenvalue weighted by Gasteiger charge is 2.21. The first kappa shape index (κ1) is 13.7. The van der Waals surface area contributed by atoms with Crippen LogP contribution in [-0.4, -0.2) is 9.59 Å². The van der Waals surface area contributed by atoms with Crippen molar-refractivity contribution in [3.05, 3.63) is 46.0 Å². The van der Waals surface area contributed by atoms with E-state index < -0.39 is 0 Å². The van der Waals surface area contributed by atoms with E-state index in [1.165, 1.54) is 36.4 Å². The van der Waals surface area contributed by atoms with Crippen molar-refractivity contribution >= 4 is 11.5 Å². The zero-order valence-corrected chi connectivity index (χ0v) is 12.9. The van der Waals surface area contributed by atoms with Crippen LogP contribution >= 0.6 is 11.5 Å². The first-order valence-corrected chi connectivity index (χ1v) is 8.11. The quantitative estimate of drug-likeness (QED) is 0.925. The second-order valence-corrected chi connectivity index (χ2v) is 6.73. The molecule has 0 saturated heterocycles. The molecule has 1 aliphatic rings. The predicted octanol–water partition coefficient (Wildman–Crippen LogP) is 3.98. The summed E-state index contributed by atoms with van der Waals surface area (Å²) in [6.07, 6.45) is 4.04. The lowest BCUT2D eigenvalue weighted by Gasteiger charge is -2.26. The van der Waals surface area contributed by atoms with Crippen LogP contribution in [0.2, 0.25) is 0 Å². The van der Waals surface area contributed by atoms with E-state index in [2.05, 4.69) is 47.7 Å². The molecule has 0 amide bonds. The summed E-state index contributed by atoms with van der Waals surface area (Å²) in [5.41, 5.74) is 10.0. The third kappa shape index (κ3) is 2.50. The molecule has 0 radical (unpaired) electrons. The zero-order valence-electron chi connectivity index (χ0n) is 12.0. The Morgan fingerprint density at radius 3 is 2.45 bits per heavy atom. The standard InChI is InChI=1S/C16H21N3S/c1-10(2)15-16(20-19-18-15)14(17)13-8-6-12(7-9-13)11-4-3-5-11/h6-11,14H,3-5,17H2,1-2H3. The summed E-state index contributed by atoms with van der Waals surface area (Å²) < 4.78 is 4.07. The first-order valence-electron chi connectivity index (χ1n) is 7.34. The van der Waals surface area contributed by atoms with E-state index in [-0.39, 0.29) is 6.04 Å². The molecule has 0 spiro atoms. The van der Waals surface area contributed by atoms with Crippen LogP contribution in [0.4, 0.5) is 0 Å². The summed E-state index contributed by atoms with van der Waals surface area (Å²) in [5, 5.41) is 4.22. The molecule has 2 N–H and O–H groups in total. The Morgan fingerprint density at radius 2 is 1.90 bits per heavy atom. The highest BCUT2D eigenvalue weighted by molar-refractivity contribution is 7.05. The molecule has 1 aromatic carbocycles. The van der Waals surface area contributed by atoms with Crippen molar-refractivity contribution < 1.29 is 0 Å². The van der Waals surface area contributed by atoms with Gasteiger partial charge in [-0.3, -0.25) is 0 Å². The molecule has 1 heterocycles. The number of nitrogens with two attached hydrogens (primary N) is 1. The van der Waals surface area contributed by atoms with Crippen LogP contribution in [0.1, 0.15) is 72.7 Å². The smallest absolute Gasteiger partial charge is 0.0832 e. The summed E-state index contributed by atoms with van der Waals surface area (Å²) in [6, 6.07) is 8.71. The highest BCUT2D eigenvalue weighted by atomic mass is 32.1. The molecular formula is C16H21N3S. The fraction of sp³-hybridized carbons (Fsp3) is 0.500. The van der Waals surface area contributed by atoms with Gasteiger partial charge in [0.15, 0.2) is 0 Å². The van der Waals surface area contributed by atoms with E-state index in [9.17, 15) is 0 Å². The number of hydrogen-bond donors (Lipinski definition) is 1. The van der Waals surface area contributed by atoms with Crippen molar-refractivity contribution in [3.63, 3.8) is 0 Å². The number of aromatic nitrogens is 2. The van der Waals surface area contributed by atoms with Gasteiger partial charge in [0.05, 0.1) is 16.6 Å². The molecule has 106 valence electrons. The fourth-order valence-electron chi connectivity index (χ4n) is 2.69. The van der Waals surface area contributed by atoms with Crippen LogP contribution in [0.5, 0.6) is 0 Å². The molecule has 3 rings (SSSR count). The van der Waals surface area contributed by atoms with E-state index in [0.717, 1.165) is 22.1 Å². The second kappa shape index (κ2) is 5.62. The monoisotopic (exact) mass is 287 g/mol. The number of hydrogen-bond acceptors (Lipinski definition) is 4. The van der Waals surface area contributed by atoms with Crippen LogP contribution < -0.4 is 5.73 Å². The Hall–Kier alpha value is -1.26. The molecule has 1 saturated carbocycles. The van der Waals surface area contributed by atoms with Crippen LogP contribution in [0.3, 0.4) is 0 Å². The Labute approximate surface area is 124 Å². The van der Waals surface area contributed by atoms with E-state index in [4.69, 9.17) is 5.73 Å². The van der Waals surface area contributed by atoms with E-state index in [1.807, 2.05) is 0 Å². The molecule has 3 nitrogen and oxygen atoms in total. The SMILES string of the molecule is CC(C)c1nnsc1C(N)c1ccc(C2CCC2)cc1. The van der Waals surface area contributed by atoms with Crippen LogP contribution in [0.15, 0.2) is 24.3 Å². The maximum Gasteiger partial charge on any atom is 0.0832 e. The van der Waals surface area contributed by atoms with Crippen LogP contribution in [0.25, 0.3) is 0 Å². The lowest BCUT2D eigenvalue weighted by Crippen LogP contribution is -2.14. The maximum absolute atomic E-state index is 6.40. The minimum Gasteiger partial charge on any atom is -0.320 e. The van der Waals surface area contributed by atoms with Gasteiger partial charge in [0.25, 0.3) is 0 Å². The van der Waals surface area contributed by atoms with Crippen LogP contribution in [-0.2, 0) is 0 Å². The normalized spacial score (nSPS) is 17.2. The highest BCUT2D eigenvalue weighted by Crippen LogP contribution is 2.37. The maximum atomic E-state index is 6.40. The van der Waals surface area contributed by atoms with Gasteiger partial charge in [0.1, 0.15) is 0 Å². The van der Waals surface area contributed by atoms with Gasteiger partial charge in [-0.1, -0.05) is 49.0 Å². The molecule has 20 heavy (non-hydrogen) atoms. The summed E-state index contributed by atoms with van der Waals surface area (Å²) in [7, 11) is 0. The van der Waals surface area contributed by atoms with E-state index in [1.54, 1.807) is 0 Å². The predicted molar refractivity (Wildman–Crippen MR) is 83.1 cm³/mol. The van der Waals surface area contributed by atoms with Gasteiger partial charge < -0.3 is 5.73 Å². The zero-order chi connectivity index (χ0) is 14.1. The minimum atomic E-state index is -0.108. The molecule has 0 bridgehead atoms. The third-order valence-corrected chi connectivity index (χ3v) is 5.06. The van der Waals surface area contributed by atoms with Crippen molar-refractivity contribution in [2.75, 3.05) is 0 Å². The van der Waals surface area contributed by atoms with Gasteiger partial charge in [-0.2, -0.15) is 0 Å². The average Bonchev–Trinajstić information content (AvgIpc) is 2.86. The molecule has 1 aliphatic carbocycles. The van der Waals surface area contributed by atoms with Gasteiger partial charge in [-0.05, 0) is 47.3 Å². The number of benzene rings is 1. The van der Waals surface area contributed by atoms with E-state index >= 15 is 0 Å². The van der Waals surface area contributed by atoms with Gasteiger partial charge >= 0.3 is 0 Å². The molecular weight excluding hydrogens is 266 g/mol. The van der Waals surface area contributed by atoms with Crippen molar-refractivity contribution in [1.82, 2.24) is 9.59 Å².